The molecule has 0 spiro atoms. The van der Waals surface area contributed by atoms with Crippen molar-refractivity contribution in [2.24, 2.45) is 0 Å². The number of benzene rings is 1. The van der Waals surface area contributed by atoms with Crippen LogP contribution in [0.25, 0.3) is 0 Å². The number of rotatable bonds is 3. The van der Waals surface area contributed by atoms with Gasteiger partial charge in [-0.1, -0.05) is 25.1 Å². The number of esters is 1. The fraction of sp³-hybridized carbons (Fsp3) is 0.417. The molecule has 0 amide bonds. The highest BCUT2D eigenvalue weighted by molar-refractivity contribution is 5.92. The molecule has 0 aliphatic heterocycles. The Bertz CT molecular complexity index is 309. The predicted octanol–water partition coefficient (Wildman–Crippen LogP) is 2.87. The van der Waals surface area contributed by atoms with Crippen molar-refractivity contribution < 1.29 is 9.53 Å². The second-order valence-electron chi connectivity index (χ2n) is 3.40. The molecule has 76 valence electrons. The molecule has 0 aliphatic rings. The highest BCUT2D eigenvalue weighted by Crippen LogP contribution is 2.14. The molecule has 0 bridgehead atoms. The van der Waals surface area contributed by atoms with E-state index in [-0.39, 0.29) is 5.97 Å². The molecule has 0 unspecified atom stereocenters. The largest absolute Gasteiger partial charge is 0.462 e. The standard InChI is InChI=1S/C12H16O2/c1-4-8-14-12(13)11-9(2)6-5-7-10(11)3/h5-7H,4,8H2,1-3H3. The molecule has 2 heteroatoms. The first kappa shape index (κ1) is 10.8. The van der Waals surface area contributed by atoms with E-state index >= 15 is 0 Å². The van der Waals surface area contributed by atoms with Crippen LogP contribution in [0.5, 0.6) is 0 Å². The summed E-state index contributed by atoms with van der Waals surface area (Å²) in [4.78, 5) is 11.6. The number of hydrogen-bond donors (Lipinski definition) is 0. The van der Waals surface area contributed by atoms with Gasteiger partial charge in [-0.15, -0.1) is 0 Å². The molecule has 0 aliphatic carbocycles. The summed E-state index contributed by atoms with van der Waals surface area (Å²) in [6, 6.07) is 5.80. The predicted molar refractivity (Wildman–Crippen MR) is 56.5 cm³/mol. The van der Waals surface area contributed by atoms with Crippen molar-refractivity contribution in [1.82, 2.24) is 0 Å². The Morgan fingerprint density at radius 3 is 2.36 bits per heavy atom. The van der Waals surface area contributed by atoms with Gasteiger partial charge in [0.1, 0.15) is 0 Å². The summed E-state index contributed by atoms with van der Waals surface area (Å²) < 4.78 is 5.10. The van der Waals surface area contributed by atoms with Crippen molar-refractivity contribution in [3.05, 3.63) is 34.9 Å². The Hall–Kier alpha value is -1.31. The lowest BCUT2D eigenvalue weighted by atomic mass is 10.0. The molecule has 0 heterocycles. The van der Waals surface area contributed by atoms with Crippen molar-refractivity contribution in [3.8, 4) is 0 Å². The van der Waals surface area contributed by atoms with Gasteiger partial charge in [0, 0.05) is 0 Å². The van der Waals surface area contributed by atoms with Crippen LogP contribution in [0.1, 0.15) is 34.8 Å². The Labute approximate surface area is 84.9 Å². The van der Waals surface area contributed by atoms with E-state index in [0.717, 1.165) is 17.5 Å². The van der Waals surface area contributed by atoms with Crippen LogP contribution in [0, 0.1) is 13.8 Å². The highest BCUT2D eigenvalue weighted by Gasteiger charge is 2.12. The summed E-state index contributed by atoms with van der Waals surface area (Å²) in [7, 11) is 0. The number of carbonyl (C=O) groups is 1. The van der Waals surface area contributed by atoms with Crippen LogP contribution >= 0.6 is 0 Å². The van der Waals surface area contributed by atoms with Gasteiger partial charge in [0.05, 0.1) is 12.2 Å². The zero-order valence-electron chi connectivity index (χ0n) is 8.96. The molecule has 1 rings (SSSR count). The number of aryl methyl sites for hydroxylation is 2. The molecule has 0 saturated carbocycles. The molecule has 0 saturated heterocycles. The Kier molecular flexibility index (Phi) is 3.69. The average molecular weight is 192 g/mol. The van der Waals surface area contributed by atoms with Gasteiger partial charge in [0.2, 0.25) is 0 Å². The average Bonchev–Trinajstić information content (AvgIpc) is 2.14. The zero-order chi connectivity index (χ0) is 10.6. The van der Waals surface area contributed by atoms with E-state index < -0.39 is 0 Å². The molecule has 1 aromatic rings. The van der Waals surface area contributed by atoms with Crippen LogP contribution in [0.4, 0.5) is 0 Å². The summed E-state index contributed by atoms with van der Waals surface area (Å²) in [6.45, 7) is 6.33. The van der Waals surface area contributed by atoms with Gasteiger partial charge in [-0.05, 0) is 31.4 Å². The first-order valence-corrected chi connectivity index (χ1v) is 4.90. The fourth-order valence-corrected chi connectivity index (χ4v) is 1.40. The Balaban J connectivity index is 2.89. The maximum absolute atomic E-state index is 11.6. The molecular formula is C12H16O2. The first-order chi connectivity index (χ1) is 6.66. The van der Waals surface area contributed by atoms with E-state index in [9.17, 15) is 4.79 Å². The first-order valence-electron chi connectivity index (χ1n) is 4.90. The fourth-order valence-electron chi connectivity index (χ4n) is 1.40. The topological polar surface area (TPSA) is 26.3 Å². The molecule has 14 heavy (non-hydrogen) atoms. The molecule has 1 aromatic carbocycles. The van der Waals surface area contributed by atoms with Gasteiger partial charge in [0.25, 0.3) is 0 Å². The highest BCUT2D eigenvalue weighted by atomic mass is 16.5. The van der Waals surface area contributed by atoms with Crippen molar-refractivity contribution >= 4 is 5.97 Å². The van der Waals surface area contributed by atoms with Crippen molar-refractivity contribution in [2.45, 2.75) is 27.2 Å². The molecular weight excluding hydrogens is 176 g/mol. The van der Waals surface area contributed by atoms with E-state index in [0.29, 0.717) is 12.2 Å². The van der Waals surface area contributed by atoms with Crippen LogP contribution in [-0.2, 0) is 4.74 Å². The lowest BCUT2D eigenvalue weighted by Crippen LogP contribution is -2.09. The van der Waals surface area contributed by atoms with Crippen LogP contribution in [0.3, 0.4) is 0 Å². The zero-order valence-corrected chi connectivity index (χ0v) is 8.96. The van der Waals surface area contributed by atoms with E-state index in [1.54, 1.807) is 0 Å². The molecule has 0 radical (unpaired) electrons. The third-order valence-corrected chi connectivity index (χ3v) is 2.12. The second-order valence-corrected chi connectivity index (χ2v) is 3.40. The molecule has 0 fully saturated rings. The lowest BCUT2D eigenvalue weighted by molar-refractivity contribution is 0.0503. The van der Waals surface area contributed by atoms with Gasteiger partial charge in [-0.3, -0.25) is 0 Å². The van der Waals surface area contributed by atoms with Gasteiger partial charge in [0.15, 0.2) is 0 Å². The minimum absolute atomic E-state index is 0.206. The summed E-state index contributed by atoms with van der Waals surface area (Å²) in [6.07, 6.45) is 0.858. The van der Waals surface area contributed by atoms with Crippen LogP contribution in [0.2, 0.25) is 0 Å². The molecule has 0 N–H and O–H groups in total. The third kappa shape index (κ3) is 2.34. The van der Waals surface area contributed by atoms with Crippen molar-refractivity contribution in [2.75, 3.05) is 6.61 Å². The third-order valence-electron chi connectivity index (χ3n) is 2.12. The van der Waals surface area contributed by atoms with Crippen molar-refractivity contribution in [1.29, 1.82) is 0 Å². The van der Waals surface area contributed by atoms with Gasteiger partial charge < -0.3 is 4.74 Å². The van der Waals surface area contributed by atoms with E-state index in [1.807, 2.05) is 39.0 Å². The lowest BCUT2D eigenvalue weighted by Gasteiger charge is -2.08. The number of hydrogen-bond acceptors (Lipinski definition) is 2. The molecule has 0 atom stereocenters. The summed E-state index contributed by atoms with van der Waals surface area (Å²) in [5.41, 5.74) is 2.66. The minimum atomic E-state index is -0.206. The quantitative estimate of drug-likeness (QED) is 0.688. The molecule has 2 nitrogen and oxygen atoms in total. The second kappa shape index (κ2) is 4.80. The minimum Gasteiger partial charge on any atom is -0.462 e. The normalized spacial score (nSPS) is 9.93. The summed E-state index contributed by atoms with van der Waals surface area (Å²) in [5, 5.41) is 0. The summed E-state index contributed by atoms with van der Waals surface area (Å²) >= 11 is 0. The maximum atomic E-state index is 11.6. The van der Waals surface area contributed by atoms with E-state index in [1.165, 1.54) is 0 Å². The van der Waals surface area contributed by atoms with Crippen molar-refractivity contribution in [3.63, 3.8) is 0 Å². The number of carbonyl (C=O) groups excluding carboxylic acids is 1. The number of ether oxygens (including phenoxy) is 1. The van der Waals surface area contributed by atoms with Crippen LogP contribution in [0.15, 0.2) is 18.2 Å². The van der Waals surface area contributed by atoms with Gasteiger partial charge >= 0.3 is 5.97 Å². The van der Waals surface area contributed by atoms with E-state index in [4.69, 9.17) is 4.74 Å². The van der Waals surface area contributed by atoms with Gasteiger partial charge in [-0.2, -0.15) is 0 Å². The van der Waals surface area contributed by atoms with E-state index in [2.05, 4.69) is 0 Å². The maximum Gasteiger partial charge on any atom is 0.338 e. The van der Waals surface area contributed by atoms with Crippen LogP contribution < -0.4 is 0 Å². The molecule has 0 aromatic heterocycles. The van der Waals surface area contributed by atoms with Gasteiger partial charge in [-0.25, -0.2) is 4.79 Å². The smallest absolute Gasteiger partial charge is 0.338 e. The van der Waals surface area contributed by atoms with Crippen LogP contribution in [-0.4, -0.2) is 12.6 Å². The Morgan fingerprint density at radius 1 is 1.29 bits per heavy atom. The Morgan fingerprint density at radius 2 is 1.86 bits per heavy atom. The summed E-state index contributed by atoms with van der Waals surface area (Å²) in [5.74, 6) is -0.206. The SMILES string of the molecule is CCCOC(=O)c1c(C)cccc1C. The monoisotopic (exact) mass is 192 g/mol.